The largest absolute Gasteiger partial charge is 0.433 e. The highest BCUT2D eigenvalue weighted by Crippen LogP contribution is 2.36. The van der Waals surface area contributed by atoms with Crippen molar-refractivity contribution >= 4 is 22.9 Å². The lowest BCUT2D eigenvalue weighted by Gasteiger charge is -2.15. The third-order valence-corrected chi connectivity index (χ3v) is 5.41. The Morgan fingerprint density at radius 1 is 1.30 bits per heavy atom. The topological polar surface area (TPSA) is 76.4 Å². The SMILES string of the molecule is COC(O)c1c(NC(=O)c2ccc(C)cc2)csc1Cn1nc(C)cc1C(F)(F)F. The van der Waals surface area contributed by atoms with Gasteiger partial charge in [-0.15, -0.1) is 11.3 Å². The molecule has 1 amide bonds. The van der Waals surface area contributed by atoms with Crippen molar-refractivity contribution in [3.8, 4) is 0 Å². The van der Waals surface area contributed by atoms with E-state index >= 15 is 0 Å². The standard InChI is InChI=1S/C20H20F3N3O3S/c1-11-4-6-13(7-5-11)18(27)24-14-10-30-15(17(14)19(28)29-3)9-26-16(20(21,22)23)8-12(2)25-26/h4-8,10,19,28H,9H2,1-3H3,(H,24,27). The molecule has 0 aliphatic heterocycles. The van der Waals surface area contributed by atoms with Gasteiger partial charge in [-0.05, 0) is 32.0 Å². The molecular weight excluding hydrogens is 419 g/mol. The van der Waals surface area contributed by atoms with Crippen molar-refractivity contribution in [2.45, 2.75) is 32.9 Å². The molecule has 0 saturated carbocycles. The molecule has 0 radical (unpaired) electrons. The summed E-state index contributed by atoms with van der Waals surface area (Å²) in [6, 6.07) is 7.86. The molecule has 2 aromatic heterocycles. The van der Waals surface area contributed by atoms with Crippen LogP contribution in [-0.4, -0.2) is 27.9 Å². The molecule has 1 aromatic carbocycles. The molecule has 30 heavy (non-hydrogen) atoms. The van der Waals surface area contributed by atoms with Crippen molar-refractivity contribution in [3.05, 3.63) is 68.7 Å². The summed E-state index contributed by atoms with van der Waals surface area (Å²) in [6.07, 6.45) is -5.99. The minimum atomic E-state index is -4.57. The van der Waals surface area contributed by atoms with Crippen molar-refractivity contribution in [2.24, 2.45) is 0 Å². The fraction of sp³-hybridized carbons (Fsp3) is 0.300. The average Bonchev–Trinajstić information content (AvgIpc) is 3.25. The Morgan fingerprint density at radius 3 is 2.57 bits per heavy atom. The van der Waals surface area contributed by atoms with E-state index in [1.54, 1.807) is 29.6 Å². The lowest BCUT2D eigenvalue weighted by Crippen LogP contribution is -2.17. The molecule has 3 rings (SSSR count). The summed E-state index contributed by atoms with van der Waals surface area (Å²) in [7, 11) is 1.26. The summed E-state index contributed by atoms with van der Waals surface area (Å²) in [6.45, 7) is 3.13. The number of carbonyl (C=O) groups is 1. The normalized spacial score (nSPS) is 12.8. The first-order valence-electron chi connectivity index (χ1n) is 8.91. The maximum Gasteiger partial charge on any atom is 0.433 e. The number of aliphatic hydroxyl groups excluding tert-OH is 1. The minimum absolute atomic E-state index is 0.198. The van der Waals surface area contributed by atoms with Gasteiger partial charge in [0.1, 0.15) is 5.69 Å². The number of methoxy groups -OCH3 is 1. The van der Waals surface area contributed by atoms with E-state index in [0.29, 0.717) is 10.4 Å². The van der Waals surface area contributed by atoms with Crippen LogP contribution in [0.25, 0.3) is 0 Å². The molecular formula is C20H20F3N3O3S. The smallest absolute Gasteiger partial charge is 0.364 e. The number of benzene rings is 1. The number of aliphatic hydroxyl groups is 1. The average molecular weight is 439 g/mol. The molecule has 0 aliphatic carbocycles. The molecule has 1 atom stereocenters. The Bertz CT molecular complexity index is 1040. The van der Waals surface area contributed by atoms with Crippen molar-refractivity contribution < 1.29 is 27.8 Å². The third-order valence-electron chi connectivity index (χ3n) is 4.43. The number of carbonyl (C=O) groups excluding carboxylic acids is 1. The summed E-state index contributed by atoms with van der Waals surface area (Å²) in [5.41, 5.74) is 1.21. The van der Waals surface area contributed by atoms with Crippen LogP contribution in [0.15, 0.2) is 35.7 Å². The van der Waals surface area contributed by atoms with Gasteiger partial charge in [-0.3, -0.25) is 9.48 Å². The zero-order valence-electron chi connectivity index (χ0n) is 16.4. The van der Waals surface area contributed by atoms with Gasteiger partial charge in [0, 0.05) is 28.5 Å². The van der Waals surface area contributed by atoms with Crippen molar-refractivity contribution in [2.75, 3.05) is 12.4 Å². The van der Waals surface area contributed by atoms with E-state index in [9.17, 15) is 23.1 Å². The predicted octanol–water partition coefficient (Wildman–Crippen LogP) is 4.52. The molecule has 0 aliphatic rings. The van der Waals surface area contributed by atoms with Gasteiger partial charge in [0.15, 0.2) is 6.29 Å². The molecule has 10 heteroatoms. The lowest BCUT2D eigenvalue weighted by atomic mass is 10.1. The van der Waals surface area contributed by atoms with E-state index in [-0.39, 0.29) is 23.5 Å². The second-order valence-electron chi connectivity index (χ2n) is 6.72. The summed E-state index contributed by atoms with van der Waals surface area (Å²) in [5, 5.41) is 18.5. The number of thiophene rings is 1. The number of ether oxygens (including phenoxy) is 1. The van der Waals surface area contributed by atoms with Gasteiger partial charge < -0.3 is 15.2 Å². The van der Waals surface area contributed by atoms with Gasteiger partial charge in [-0.2, -0.15) is 18.3 Å². The first kappa shape index (κ1) is 22.0. The first-order valence-corrected chi connectivity index (χ1v) is 9.79. The van der Waals surface area contributed by atoms with Gasteiger partial charge in [0.2, 0.25) is 0 Å². The number of hydrogen-bond acceptors (Lipinski definition) is 5. The van der Waals surface area contributed by atoms with E-state index < -0.39 is 24.1 Å². The van der Waals surface area contributed by atoms with E-state index in [2.05, 4.69) is 10.4 Å². The fourth-order valence-electron chi connectivity index (χ4n) is 2.94. The number of aryl methyl sites for hydroxylation is 2. The number of hydrogen-bond donors (Lipinski definition) is 2. The molecule has 0 fully saturated rings. The van der Waals surface area contributed by atoms with Crippen LogP contribution in [-0.2, 0) is 17.5 Å². The number of halogens is 3. The number of nitrogens with zero attached hydrogens (tertiary/aromatic N) is 2. The quantitative estimate of drug-likeness (QED) is 0.554. The number of alkyl halides is 3. The van der Waals surface area contributed by atoms with E-state index in [0.717, 1.165) is 27.6 Å². The maximum absolute atomic E-state index is 13.3. The zero-order chi connectivity index (χ0) is 22.1. The fourth-order valence-corrected chi connectivity index (χ4v) is 3.93. The number of amides is 1. The van der Waals surface area contributed by atoms with Gasteiger partial charge in [0.05, 0.1) is 17.9 Å². The van der Waals surface area contributed by atoms with Crippen LogP contribution in [0.4, 0.5) is 18.9 Å². The summed E-state index contributed by atoms with van der Waals surface area (Å²) >= 11 is 1.10. The second kappa shape index (κ2) is 8.58. The monoisotopic (exact) mass is 439 g/mol. The minimum Gasteiger partial charge on any atom is -0.364 e. The van der Waals surface area contributed by atoms with Crippen LogP contribution in [0.1, 0.15) is 44.0 Å². The molecule has 160 valence electrons. The van der Waals surface area contributed by atoms with Crippen molar-refractivity contribution in [3.63, 3.8) is 0 Å². The van der Waals surface area contributed by atoms with Crippen LogP contribution in [0.2, 0.25) is 0 Å². The molecule has 6 nitrogen and oxygen atoms in total. The predicted molar refractivity (Wildman–Crippen MR) is 106 cm³/mol. The maximum atomic E-state index is 13.3. The van der Waals surface area contributed by atoms with Gasteiger partial charge in [-0.1, -0.05) is 17.7 Å². The second-order valence-corrected chi connectivity index (χ2v) is 7.69. The molecule has 0 bridgehead atoms. The highest BCUT2D eigenvalue weighted by atomic mass is 32.1. The van der Waals surface area contributed by atoms with Crippen LogP contribution in [0.5, 0.6) is 0 Å². The summed E-state index contributed by atoms with van der Waals surface area (Å²) in [5.74, 6) is -0.408. The molecule has 2 N–H and O–H groups in total. The van der Waals surface area contributed by atoms with Gasteiger partial charge in [0.25, 0.3) is 5.91 Å². The molecule has 1 unspecified atom stereocenters. The summed E-state index contributed by atoms with van der Waals surface area (Å²) < 4.78 is 45.7. The van der Waals surface area contributed by atoms with Gasteiger partial charge >= 0.3 is 6.18 Å². The van der Waals surface area contributed by atoms with Crippen molar-refractivity contribution in [1.29, 1.82) is 0 Å². The molecule has 0 spiro atoms. The Morgan fingerprint density at radius 2 is 1.97 bits per heavy atom. The lowest BCUT2D eigenvalue weighted by molar-refractivity contribution is -0.144. The van der Waals surface area contributed by atoms with Crippen LogP contribution in [0, 0.1) is 13.8 Å². The molecule has 2 heterocycles. The molecule has 3 aromatic rings. The third kappa shape index (κ3) is 4.72. The van der Waals surface area contributed by atoms with E-state index in [4.69, 9.17) is 4.74 Å². The Kier molecular flexibility index (Phi) is 6.30. The number of aromatic nitrogens is 2. The van der Waals surface area contributed by atoms with Crippen LogP contribution in [0.3, 0.4) is 0 Å². The van der Waals surface area contributed by atoms with E-state index in [1.807, 2.05) is 6.92 Å². The number of nitrogens with one attached hydrogen (secondary N) is 1. The zero-order valence-corrected chi connectivity index (χ0v) is 17.3. The van der Waals surface area contributed by atoms with Gasteiger partial charge in [-0.25, -0.2) is 0 Å². The van der Waals surface area contributed by atoms with E-state index in [1.165, 1.54) is 14.0 Å². The molecule has 0 saturated heterocycles. The Hall–Kier alpha value is -2.69. The number of rotatable bonds is 6. The summed E-state index contributed by atoms with van der Waals surface area (Å²) in [4.78, 5) is 12.9. The van der Waals surface area contributed by atoms with Crippen molar-refractivity contribution in [1.82, 2.24) is 9.78 Å². The first-order chi connectivity index (χ1) is 14.1. The Labute approximate surface area is 174 Å². The highest BCUT2D eigenvalue weighted by molar-refractivity contribution is 7.10. The van der Waals surface area contributed by atoms with Crippen LogP contribution < -0.4 is 5.32 Å². The number of anilines is 1. The van der Waals surface area contributed by atoms with Crippen LogP contribution >= 0.6 is 11.3 Å². The highest BCUT2D eigenvalue weighted by Gasteiger charge is 2.36. The Balaban J connectivity index is 1.93.